The van der Waals surface area contributed by atoms with E-state index in [9.17, 15) is 22.9 Å². The molecule has 2 aromatic heterocycles. The van der Waals surface area contributed by atoms with Crippen LogP contribution in [0, 0.1) is 5.41 Å². The van der Waals surface area contributed by atoms with Crippen molar-refractivity contribution in [3.05, 3.63) is 83.7 Å². The zero-order valence-electron chi connectivity index (χ0n) is 26.6. The summed E-state index contributed by atoms with van der Waals surface area (Å²) < 4.78 is 40.3. The van der Waals surface area contributed by atoms with Gasteiger partial charge >= 0.3 is 0 Å². The van der Waals surface area contributed by atoms with Crippen molar-refractivity contribution in [2.24, 2.45) is 12.5 Å². The van der Waals surface area contributed by atoms with E-state index in [1.807, 2.05) is 19.2 Å². The highest BCUT2D eigenvalue weighted by atomic mass is 32.2. The number of phenols is 1. The lowest BCUT2D eigenvalue weighted by Crippen LogP contribution is -2.34. The fourth-order valence-corrected chi connectivity index (χ4v) is 5.72. The number of phenolic OH excluding ortho intramolecular Hbond substituents is 1. The van der Waals surface area contributed by atoms with Crippen LogP contribution in [0.4, 0.5) is 5.82 Å². The summed E-state index contributed by atoms with van der Waals surface area (Å²) in [5.41, 5.74) is 8.99. The lowest BCUT2D eigenvalue weighted by Gasteiger charge is -2.25. The lowest BCUT2D eigenvalue weighted by atomic mass is 9.87. The number of amides is 1. The van der Waals surface area contributed by atoms with Gasteiger partial charge in [0, 0.05) is 44.2 Å². The molecule has 1 amide bonds. The van der Waals surface area contributed by atoms with Crippen LogP contribution in [0.2, 0.25) is 0 Å². The minimum absolute atomic E-state index is 0.115. The van der Waals surface area contributed by atoms with Crippen molar-refractivity contribution in [2.45, 2.75) is 57.9 Å². The Morgan fingerprint density at radius 1 is 1.07 bits per heavy atom. The number of aromatic hydroxyl groups is 1. The Labute approximate surface area is 269 Å². The first-order valence-corrected chi connectivity index (χ1v) is 16.6. The number of carbonyl (C=O) groups is 1. The summed E-state index contributed by atoms with van der Waals surface area (Å²) in [5.74, 6) is 1.05. The molecule has 0 bridgehead atoms. The molecule has 2 aromatic carbocycles. The molecule has 4 aromatic rings. The maximum absolute atomic E-state index is 12.8. The van der Waals surface area contributed by atoms with Crippen LogP contribution in [0.3, 0.4) is 0 Å². The van der Waals surface area contributed by atoms with Crippen molar-refractivity contribution >= 4 is 21.8 Å². The second-order valence-electron chi connectivity index (χ2n) is 11.8. The smallest absolute Gasteiger partial charge is 0.294 e. The average Bonchev–Trinajstić information content (AvgIpc) is 3.45. The zero-order chi connectivity index (χ0) is 33.3. The number of pyridine rings is 1. The molecule has 46 heavy (non-hydrogen) atoms. The Bertz CT molecular complexity index is 1740. The van der Waals surface area contributed by atoms with Crippen molar-refractivity contribution in [3.63, 3.8) is 0 Å². The van der Waals surface area contributed by atoms with Gasteiger partial charge in [-0.1, -0.05) is 39.0 Å². The first kappa shape index (κ1) is 34.4. The van der Waals surface area contributed by atoms with Crippen LogP contribution in [0.25, 0.3) is 11.3 Å². The van der Waals surface area contributed by atoms with Gasteiger partial charge in [0.15, 0.2) is 0 Å². The normalized spacial score (nSPS) is 11.8. The summed E-state index contributed by atoms with van der Waals surface area (Å²) in [6.07, 6.45) is 6.56. The van der Waals surface area contributed by atoms with Gasteiger partial charge in [-0.2, -0.15) is 13.5 Å². The van der Waals surface area contributed by atoms with Gasteiger partial charge in [0.25, 0.3) is 16.0 Å². The number of hydrazine groups is 1. The first-order valence-electron chi connectivity index (χ1n) is 15.1. The van der Waals surface area contributed by atoms with Gasteiger partial charge in [0.1, 0.15) is 17.3 Å². The van der Waals surface area contributed by atoms with Crippen LogP contribution in [-0.2, 0) is 30.1 Å². The minimum Gasteiger partial charge on any atom is -0.507 e. The van der Waals surface area contributed by atoms with E-state index < -0.39 is 10.1 Å². The Balaban J connectivity index is 1.18. The van der Waals surface area contributed by atoms with E-state index in [2.05, 4.69) is 47.0 Å². The van der Waals surface area contributed by atoms with E-state index in [0.717, 1.165) is 42.5 Å². The Morgan fingerprint density at radius 3 is 2.52 bits per heavy atom. The number of hydrogen-bond donors (Lipinski definition) is 5. The number of hydrogen-bond acceptors (Lipinski definition) is 9. The summed E-state index contributed by atoms with van der Waals surface area (Å²) in [6, 6.07) is 14.9. The quantitative estimate of drug-likeness (QED) is 0.0624. The predicted octanol–water partition coefficient (Wildman–Crippen LogP) is 5.12. The van der Waals surface area contributed by atoms with E-state index in [1.165, 1.54) is 18.3 Å². The molecule has 0 unspecified atom stereocenters. The number of benzene rings is 2. The molecule has 0 spiro atoms. The van der Waals surface area contributed by atoms with Crippen molar-refractivity contribution in [2.75, 3.05) is 18.6 Å². The Kier molecular flexibility index (Phi) is 11.4. The average molecular weight is 651 g/mol. The monoisotopic (exact) mass is 650 g/mol. The summed E-state index contributed by atoms with van der Waals surface area (Å²) in [5, 5.41) is 17.8. The highest BCUT2D eigenvalue weighted by molar-refractivity contribution is 7.85. The molecule has 0 saturated carbocycles. The van der Waals surface area contributed by atoms with Gasteiger partial charge in [-0.25, -0.2) is 10.4 Å². The second-order valence-corrected chi connectivity index (χ2v) is 13.2. The van der Waals surface area contributed by atoms with Gasteiger partial charge in [0.05, 0.1) is 22.8 Å². The number of ether oxygens (including phenoxy) is 1. The molecule has 0 radical (unpaired) electrons. The highest BCUT2D eigenvalue weighted by Crippen LogP contribution is 2.35. The van der Waals surface area contributed by atoms with Gasteiger partial charge in [0.2, 0.25) is 0 Å². The molecule has 5 N–H and O–H groups in total. The number of aromatic nitrogens is 3. The zero-order valence-corrected chi connectivity index (χ0v) is 27.4. The van der Waals surface area contributed by atoms with Crippen LogP contribution >= 0.6 is 0 Å². The predicted molar refractivity (Wildman–Crippen MR) is 176 cm³/mol. The number of rotatable bonds is 16. The maximum atomic E-state index is 12.8. The molecule has 0 atom stereocenters. The highest BCUT2D eigenvalue weighted by Gasteiger charge is 2.20. The van der Waals surface area contributed by atoms with Crippen LogP contribution < -0.4 is 20.9 Å². The lowest BCUT2D eigenvalue weighted by molar-refractivity contribution is 0.0933. The van der Waals surface area contributed by atoms with E-state index >= 15 is 0 Å². The van der Waals surface area contributed by atoms with Gasteiger partial charge in [-0.05, 0) is 72.6 Å². The van der Waals surface area contributed by atoms with Crippen molar-refractivity contribution in [1.29, 1.82) is 0 Å². The Hall–Kier alpha value is -4.46. The minimum atomic E-state index is -4.33. The number of nitrogens with one attached hydrogen (secondary N) is 3. The molecule has 0 saturated heterocycles. The molecule has 12 nitrogen and oxygen atoms in total. The fraction of sp³-hybridized carbons (Fsp3) is 0.364. The fourth-order valence-electron chi connectivity index (χ4n) is 5.00. The summed E-state index contributed by atoms with van der Waals surface area (Å²) >= 11 is 0. The van der Waals surface area contributed by atoms with E-state index in [1.54, 1.807) is 41.2 Å². The van der Waals surface area contributed by atoms with E-state index in [0.29, 0.717) is 35.8 Å². The molecule has 0 aliphatic heterocycles. The van der Waals surface area contributed by atoms with Crippen LogP contribution in [0.5, 0.6) is 11.5 Å². The van der Waals surface area contributed by atoms with Crippen LogP contribution in [0.15, 0.2) is 71.9 Å². The molecule has 2 heterocycles. The van der Waals surface area contributed by atoms with Gasteiger partial charge < -0.3 is 20.6 Å². The molecule has 0 aliphatic carbocycles. The van der Waals surface area contributed by atoms with E-state index in [-0.39, 0.29) is 28.5 Å². The molecular formula is C33H42N6O6S. The molecule has 246 valence electrons. The third-order valence-electron chi connectivity index (χ3n) is 7.66. The maximum Gasteiger partial charge on any atom is 0.294 e. The standard InChI is InChI=1S/C33H42N6O6S/c1-5-23-18-26(27-14-16-37-39(27)4)28(40)19-29(23)45-17-9-8-15-33(2,3)22-35-32(41)25-12-13-31(34-20-25)38-36-21-24-10-6-7-11-30(24)46(42,43)44/h6-7,10-14,16,18-20,36,40H,5,8-9,15,17,21-22H2,1-4H3,(H,34,38)(H,35,41)(H,42,43,44). The number of aryl methyl sites for hydroxylation is 2. The van der Waals surface area contributed by atoms with Crippen molar-refractivity contribution in [1.82, 2.24) is 25.5 Å². The molecule has 0 fully saturated rings. The van der Waals surface area contributed by atoms with Crippen molar-refractivity contribution < 1.29 is 27.6 Å². The largest absolute Gasteiger partial charge is 0.507 e. The number of anilines is 1. The SMILES string of the molecule is CCc1cc(-c2ccnn2C)c(O)cc1OCCCCC(C)(C)CNC(=O)c1ccc(NNCc2ccccc2S(=O)(=O)O)nc1. The number of nitrogens with zero attached hydrogens (tertiary/aromatic N) is 3. The molecule has 0 aliphatic rings. The topological polar surface area (TPSA) is 168 Å². The summed E-state index contributed by atoms with van der Waals surface area (Å²) in [7, 11) is -2.49. The molecule has 13 heteroatoms. The third-order valence-corrected chi connectivity index (χ3v) is 8.62. The molecule has 4 rings (SSSR count). The van der Waals surface area contributed by atoms with Gasteiger partial charge in [-0.15, -0.1) is 0 Å². The summed E-state index contributed by atoms with van der Waals surface area (Å²) in [4.78, 5) is 16.8. The second kappa shape index (κ2) is 15.2. The van der Waals surface area contributed by atoms with Crippen LogP contribution in [-0.4, -0.2) is 51.9 Å². The number of unbranched alkanes of at least 4 members (excludes halogenated alkanes) is 1. The Morgan fingerprint density at radius 2 is 1.85 bits per heavy atom. The van der Waals surface area contributed by atoms with Crippen LogP contribution in [0.1, 0.15) is 61.5 Å². The van der Waals surface area contributed by atoms with Gasteiger partial charge in [-0.3, -0.25) is 14.0 Å². The first-order chi connectivity index (χ1) is 21.9. The molecular weight excluding hydrogens is 608 g/mol. The van der Waals surface area contributed by atoms with Crippen molar-refractivity contribution in [3.8, 4) is 22.8 Å². The third kappa shape index (κ3) is 9.28. The van der Waals surface area contributed by atoms with E-state index in [4.69, 9.17) is 4.74 Å². The number of carbonyl (C=O) groups excluding carboxylic acids is 1. The summed E-state index contributed by atoms with van der Waals surface area (Å²) in [6.45, 7) is 7.40.